The minimum atomic E-state index is -2.98. The summed E-state index contributed by atoms with van der Waals surface area (Å²) in [5.41, 5.74) is -0.896. The molecular weight excluding hydrogens is 288 g/mol. The molecule has 4 atom stereocenters. The Kier molecular flexibility index (Phi) is 4.92. The van der Waals surface area contributed by atoms with Gasteiger partial charge in [0.2, 0.25) is 0 Å². The van der Waals surface area contributed by atoms with Crippen LogP contribution in [-0.2, 0) is 22.8 Å². The van der Waals surface area contributed by atoms with Crippen LogP contribution in [0.1, 0.15) is 33.1 Å². The lowest BCUT2D eigenvalue weighted by molar-refractivity contribution is -0.161. The van der Waals surface area contributed by atoms with Crippen molar-refractivity contribution in [3.63, 3.8) is 0 Å². The summed E-state index contributed by atoms with van der Waals surface area (Å²) in [6, 6.07) is 0. The number of fused-ring (bicyclic) bond motifs is 2. The SMILES string of the molecule is CCC(OC(=O)C1(C)CC2C=CC1C2)[Si](OC)(OC)OC. The van der Waals surface area contributed by atoms with E-state index in [1.807, 2.05) is 13.8 Å². The predicted octanol–water partition coefficient (Wildman–Crippen LogP) is 2.33. The lowest BCUT2D eigenvalue weighted by Gasteiger charge is -2.35. The fraction of sp³-hybridized carbons (Fsp3) is 0.800. The van der Waals surface area contributed by atoms with E-state index >= 15 is 0 Å². The third kappa shape index (κ3) is 2.70. The molecule has 0 aromatic heterocycles. The van der Waals surface area contributed by atoms with Gasteiger partial charge in [-0.05, 0) is 38.0 Å². The maximum absolute atomic E-state index is 12.7. The number of rotatable bonds is 7. The van der Waals surface area contributed by atoms with E-state index in [4.69, 9.17) is 18.0 Å². The molecule has 2 bridgehead atoms. The topological polar surface area (TPSA) is 54.0 Å². The highest BCUT2D eigenvalue weighted by Gasteiger charge is 2.55. The summed E-state index contributed by atoms with van der Waals surface area (Å²) in [6.07, 6.45) is 6.90. The van der Waals surface area contributed by atoms with Gasteiger partial charge in [-0.2, -0.15) is 0 Å². The molecule has 2 aliphatic rings. The standard InChI is InChI=1S/C15H26O5Si/c1-6-13(21(17-3,18-4)19-5)20-14(16)15(2)10-11-7-8-12(15)9-11/h7-8,11-13H,6,9-10H2,1-5H3. The van der Waals surface area contributed by atoms with Crippen LogP contribution in [-0.4, -0.2) is 41.8 Å². The van der Waals surface area contributed by atoms with Gasteiger partial charge in [0, 0.05) is 21.3 Å². The molecule has 0 N–H and O–H groups in total. The first kappa shape index (κ1) is 16.7. The van der Waals surface area contributed by atoms with Crippen molar-refractivity contribution in [2.24, 2.45) is 17.3 Å². The molecule has 0 amide bonds. The molecule has 0 heterocycles. The Balaban J connectivity index is 2.12. The van der Waals surface area contributed by atoms with Crippen molar-refractivity contribution in [3.05, 3.63) is 12.2 Å². The fourth-order valence-electron chi connectivity index (χ4n) is 3.64. The van der Waals surface area contributed by atoms with E-state index in [0.29, 0.717) is 12.3 Å². The summed E-state index contributed by atoms with van der Waals surface area (Å²) in [6.45, 7) is 3.95. The van der Waals surface area contributed by atoms with Crippen molar-refractivity contribution in [1.82, 2.24) is 0 Å². The van der Waals surface area contributed by atoms with Gasteiger partial charge in [-0.15, -0.1) is 0 Å². The number of esters is 1. The predicted molar refractivity (Wildman–Crippen MR) is 80.4 cm³/mol. The molecule has 2 rings (SSSR count). The van der Waals surface area contributed by atoms with Gasteiger partial charge >= 0.3 is 14.8 Å². The number of ether oxygens (including phenoxy) is 1. The van der Waals surface area contributed by atoms with Gasteiger partial charge in [0.15, 0.2) is 5.73 Å². The molecule has 6 heteroatoms. The Labute approximate surface area is 128 Å². The van der Waals surface area contributed by atoms with Crippen molar-refractivity contribution in [3.8, 4) is 0 Å². The van der Waals surface area contributed by atoms with E-state index in [1.165, 1.54) is 21.3 Å². The molecule has 0 aromatic carbocycles. The first-order valence-corrected chi connectivity index (χ1v) is 9.30. The van der Waals surface area contributed by atoms with Gasteiger partial charge in [0.05, 0.1) is 5.41 Å². The molecule has 0 radical (unpaired) electrons. The lowest BCUT2D eigenvalue weighted by Crippen LogP contribution is -2.57. The quantitative estimate of drug-likeness (QED) is 0.410. The van der Waals surface area contributed by atoms with Crippen LogP contribution in [0.4, 0.5) is 0 Å². The van der Waals surface area contributed by atoms with E-state index in [-0.39, 0.29) is 11.9 Å². The summed E-state index contributed by atoms with van der Waals surface area (Å²) < 4.78 is 22.1. The van der Waals surface area contributed by atoms with Gasteiger partial charge < -0.3 is 18.0 Å². The van der Waals surface area contributed by atoms with Crippen LogP contribution in [0.2, 0.25) is 0 Å². The van der Waals surface area contributed by atoms with Crippen LogP contribution in [0.15, 0.2) is 12.2 Å². The maximum Gasteiger partial charge on any atom is 0.543 e. The smallest absolute Gasteiger partial charge is 0.457 e. The average Bonchev–Trinajstić information content (AvgIpc) is 3.08. The lowest BCUT2D eigenvalue weighted by atomic mass is 9.78. The first-order valence-electron chi connectivity index (χ1n) is 7.50. The van der Waals surface area contributed by atoms with E-state index in [9.17, 15) is 4.79 Å². The van der Waals surface area contributed by atoms with Gasteiger partial charge in [0.1, 0.15) is 0 Å². The minimum absolute atomic E-state index is 0.158. The van der Waals surface area contributed by atoms with E-state index in [2.05, 4.69) is 12.2 Å². The normalized spacial score (nSPS) is 32.4. The van der Waals surface area contributed by atoms with Crippen LogP contribution in [0.25, 0.3) is 0 Å². The van der Waals surface area contributed by atoms with E-state index in [1.54, 1.807) is 0 Å². The van der Waals surface area contributed by atoms with Crippen molar-refractivity contribution >= 4 is 14.8 Å². The van der Waals surface area contributed by atoms with Gasteiger partial charge in [-0.3, -0.25) is 4.79 Å². The van der Waals surface area contributed by atoms with Crippen LogP contribution >= 0.6 is 0 Å². The van der Waals surface area contributed by atoms with Crippen LogP contribution in [0.5, 0.6) is 0 Å². The Morgan fingerprint density at radius 3 is 2.29 bits per heavy atom. The van der Waals surface area contributed by atoms with Crippen LogP contribution in [0, 0.1) is 17.3 Å². The first-order chi connectivity index (χ1) is 9.95. The number of hydrogen-bond acceptors (Lipinski definition) is 5. The zero-order valence-corrected chi connectivity index (χ0v) is 14.5. The summed E-state index contributed by atoms with van der Waals surface area (Å²) in [5, 5.41) is 0. The average molecular weight is 314 g/mol. The Hall–Kier alpha value is -0.693. The third-order valence-corrected chi connectivity index (χ3v) is 8.03. The van der Waals surface area contributed by atoms with Crippen molar-refractivity contribution in [2.45, 2.75) is 38.8 Å². The molecule has 4 unspecified atom stereocenters. The molecule has 0 aromatic rings. The molecule has 120 valence electrons. The molecule has 0 spiro atoms. The molecule has 5 nitrogen and oxygen atoms in total. The highest BCUT2D eigenvalue weighted by Crippen LogP contribution is 2.52. The third-order valence-electron chi connectivity index (χ3n) is 5.01. The second kappa shape index (κ2) is 6.20. The zero-order chi connectivity index (χ0) is 15.7. The maximum atomic E-state index is 12.7. The van der Waals surface area contributed by atoms with E-state index < -0.39 is 19.9 Å². The number of carbonyl (C=O) groups is 1. The van der Waals surface area contributed by atoms with Crippen molar-refractivity contribution in [2.75, 3.05) is 21.3 Å². The van der Waals surface area contributed by atoms with Gasteiger partial charge in [-0.25, -0.2) is 0 Å². The second-order valence-electron chi connectivity index (χ2n) is 6.13. The summed E-state index contributed by atoms with van der Waals surface area (Å²) >= 11 is 0. The number of allylic oxidation sites excluding steroid dienone is 2. The number of hydrogen-bond donors (Lipinski definition) is 0. The largest absolute Gasteiger partial charge is 0.543 e. The fourth-order valence-corrected chi connectivity index (χ4v) is 5.68. The second-order valence-corrected chi connectivity index (χ2v) is 9.20. The number of carbonyl (C=O) groups excluding carboxylic acids is 1. The van der Waals surface area contributed by atoms with E-state index in [0.717, 1.165) is 12.8 Å². The molecule has 0 aliphatic heterocycles. The Morgan fingerprint density at radius 1 is 1.29 bits per heavy atom. The highest BCUT2D eigenvalue weighted by molar-refractivity contribution is 6.62. The summed E-state index contributed by atoms with van der Waals surface area (Å²) in [7, 11) is 1.64. The molecular formula is C15H26O5Si. The van der Waals surface area contributed by atoms with Crippen LogP contribution < -0.4 is 0 Å². The zero-order valence-electron chi connectivity index (χ0n) is 13.5. The van der Waals surface area contributed by atoms with Gasteiger partial charge in [0.25, 0.3) is 0 Å². The van der Waals surface area contributed by atoms with Gasteiger partial charge in [-0.1, -0.05) is 19.1 Å². The van der Waals surface area contributed by atoms with Crippen LogP contribution in [0.3, 0.4) is 0 Å². The molecule has 1 saturated carbocycles. The molecule has 0 saturated heterocycles. The molecule has 21 heavy (non-hydrogen) atoms. The van der Waals surface area contributed by atoms with Crippen molar-refractivity contribution < 1.29 is 22.8 Å². The summed E-state index contributed by atoms with van der Waals surface area (Å²) in [4.78, 5) is 12.7. The monoisotopic (exact) mass is 314 g/mol. The molecule has 2 aliphatic carbocycles. The summed E-state index contributed by atoms with van der Waals surface area (Å²) in [5.74, 6) is 0.646. The van der Waals surface area contributed by atoms with Crippen molar-refractivity contribution in [1.29, 1.82) is 0 Å². The Bertz CT molecular complexity index is 412. The Morgan fingerprint density at radius 2 is 1.90 bits per heavy atom. The molecule has 1 fully saturated rings. The highest BCUT2D eigenvalue weighted by atomic mass is 28.4. The minimum Gasteiger partial charge on any atom is -0.457 e.